The molecule has 6 nitrogen and oxygen atoms in total. The van der Waals surface area contributed by atoms with Crippen LogP contribution in [0.5, 0.6) is 0 Å². The fraction of sp³-hybridized carbons (Fsp3) is 0.0500. The lowest BCUT2D eigenvalue weighted by atomic mass is 10.1. The van der Waals surface area contributed by atoms with Crippen LogP contribution in [0.15, 0.2) is 71.5 Å². The predicted octanol–water partition coefficient (Wildman–Crippen LogP) is 4.63. The molecule has 4 aromatic rings. The summed E-state index contributed by atoms with van der Waals surface area (Å²) in [5, 5.41) is 11.4. The van der Waals surface area contributed by atoms with Gasteiger partial charge < -0.3 is 9.84 Å². The summed E-state index contributed by atoms with van der Waals surface area (Å²) in [4.78, 5) is 12.4. The van der Waals surface area contributed by atoms with Crippen molar-refractivity contribution in [3.05, 3.63) is 89.1 Å². The third kappa shape index (κ3) is 4.10. The van der Waals surface area contributed by atoms with Gasteiger partial charge in [-0.25, -0.2) is 4.39 Å². The summed E-state index contributed by atoms with van der Waals surface area (Å²) in [6, 6.07) is 14.7. The van der Waals surface area contributed by atoms with Crippen LogP contribution >= 0.6 is 11.6 Å². The number of anilines is 1. The Morgan fingerprint density at radius 3 is 2.79 bits per heavy atom. The third-order valence-electron chi connectivity index (χ3n) is 4.00. The molecule has 2 aromatic heterocycles. The Labute approximate surface area is 164 Å². The van der Waals surface area contributed by atoms with E-state index in [4.69, 9.17) is 16.1 Å². The minimum atomic E-state index is -0.431. The molecule has 0 fully saturated rings. The monoisotopic (exact) mass is 396 g/mol. The molecule has 0 unspecified atom stereocenters. The van der Waals surface area contributed by atoms with E-state index in [2.05, 4.69) is 15.6 Å². The van der Waals surface area contributed by atoms with Gasteiger partial charge >= 0.3 is 0 Å². The van der Waals surface area contributed by atoms with E-state index in [1.54, 1.807) is 35.3 Å². The number of carbonyl (C=O) groups is 1. The highest BCUT2D eigenvalue weighted by Crippen LogP contribution is 2.21. The largest absolute Gasteiger partial charge is 0.355 e. The van der Waals surface area contributed by atoms with Crippen LogP contribution in [0.1, 0.15) is 16.1 Å². The van der Waals surface area contributed by atoms with E-state index < -0.39 is 5.91 Å². The molecule has 0 spiro atoms. The highest BCUT2D eigenvalue weighted by Gasteiger charge is 2.15. The van der Waals surface area contributed by atoms with Crippen LogP contribution in [0.25, 0.3) is 11.3 Å². The normalized spacial score (nSPS) is 10.8. The van der Waals surface area contributed by atoms with Crippen molar-refractivity contribution < 1.29 is 13.7 Å². The first-order valence-electron chi connectivity index (χ1n) is 8.38. The van der Waals surface area contributed by atoms with Gasteiger partial charge in [-0.05, 0) is 42.0 Å². The third-order valence-corrected chi connectivity index (χ3v) is 4.23. The van der Waals surface area contributed by atoms with Gasteiger partial charge in [0.25, 0.3) is 5.91 Å². The maximum absolute atomic E-state index is 13.0. The standard InChI is InChI=1S/C20H14ClFN4O2/c21-15-3-1-2-13(8-15)11-26-12-17(10-23-26)24-20(27)18-9-19(28-25-18)14-4-6-16(22)7-5-14/h1-10,12H,11H2,(H,24,27). The Morgan fingerprint density at radius 2 is 2.00 bits per heavy atom. The SMILES string of the molecule is O=C(Nc1cnn(Cc2cccc(Cl)c2)c1)c1cc(-c2ccc(F)cc2)on1. The summed E-state index contributed by atoms with van der Waals surface area (Å²) in [6.07, 6.45) is 3.25. The summed E-state index contributed by atoms with van der Waals surface area (Å²) >= 11 is 5.99. The number of hydrogen-bond acceptors (Lipinski definition) is 4. The number of nitrogens with zero attached hydrogens (tertiary/aromatic N) is 3. The maximum Gasteiger partial charge on any atom is 0.277 e. The zero-order valence-corrected chi connectivity index (χ0v) is 15.2. The number of aromatic nitrogens is 3. The van der Waals surface area contributed by atoms with Crippen molar-refractivity contribution in [3.63, 3.8) is 0 Å². The van der Waals surface area contributed by atoms with Gasteiger partial charge in [-0.1, -0.05) is 28.9 Å². The second kappa shape index (κ2) is 7.66. The summed E-state index contributed by atoms with van der Waals surface area (Å²) in [7, 11) is 0. The van der Waals surface area contributed by atoms with Crippen LogP contribution in [0.2, 0.25) is 5.02 Å². The quantitative estimate of drug-likeness (QED) is 0.533. The van der Waals surface area contributed by atoms with Gasteiger partial charge in [-0.15, -0.1) is 0 Å². The van der Waals surface area contributed by atoms with E-state index in [0.717, 1.165) is 5.56 Å². The van der Waals surface area contributed by atoms with Crippen molar-refractivity contribution in [1.29, 1.82) is 0 Å². The van der Waals surface area contributed by atoms with Crippen molar-refractivity contribution >= 4 is 23.2 Å². The first-order valence-corrected chi connectivity index (χ1v) is 8.75. The molecule has 2 heterocycles. The number of nitrogens with one attached hydrogen (secondary N) is 1. The van der Waals surface area contributed by atoms with Crippen LogP contribution in [0, 0.1) is 5.82 Å². The molecule has 1 amide bonds. The fourth-order valence-electron chi connectivity index (χ4n) is 2.66. The van der Waals surface area contributed by atoms with E-state index in [1.807, 2.05) is 18.2 Å². The molecule has 0 saturated heterocycles. The Balaban J connectivity index is 1.43. The molecule has 28 heavy (non-hydrogen) atoms. The van der Waals surface area contributed by atoms with Crippen LogP contribution < -0.4 is 5.32 Å². The molecule has 0 aliphatic carbocycles. The molecule has 1 N–H and O–H groups in total. The highest BCUT2D eigenvalue weighted by molar-refractivity contribution is 6.30. The van der Waals surface area contributed by atoms with Crippen LogP contribution in [-0.4, -0.2) is 20.8 Å². The molecule has 0 saturated carbocycles. The second-order valence-corrected chi connectivity index (χ2v) is 6.53. The van der Waals surface area contributed by atoms with Crippen molar-refractivity contribution in [1.82, 2.24) is 14.9 Å². The van der Waals surface area contributed by atoms with E-state index >= 15 is 0 Å². The van der Waals surface area contributed by atoms with Crippen LogP contribution in [0.4, 0.5) is 10.1 Å². The molecule has 0 aliphatic rings. The Hall–Kier alpha value is -3.45. The summed E-state index contributed by atoms with van der Waals surface area (Å²) < 4.78 is 19.9. The number of hydrogen-bond donors (Lipinski definition) is 1. The van der Waals surface area contributed by atoms with Gasteiger partial charge in [-0.2, -0.15) is 5.10 Å². The molecular formula is C20H14ClFN4O2. The minimum absolute atomic E-state index is 0.113. The van der Waals surface area contributed by atoms with E-state index in [-0.39, 0.29) is 11.5 Å². The molecule has 8 heteroatoms. The lowest BCUT2D eigenvalue weighted by Gasteiger charge is -2.02. The number of amides is 1. The van der Waals surface area contributed by atoms with Crippen molar-refractivity contribution in [3.8, 4) is 11.3 Å². The smallest absolute Gasteiger partial charge is 0.277 e. The van der Waals surface area contributed by atoms with E-state index in [0.29, 0.717) is 28.6 Å². The lowest BCUT2D eigenvalue weighted by Crippen LogP contribution is -2.11. The van der Waals surface area contributed by atoms with E-state index in [9.17, 15) is 9.18 Å². The number of rotatable bonds is 5. The van der Waals surface area contributed by atoms with Crippen molar-refractivity contribution in [2.45, 2.75) is 6.54 Å². The Kier molecular flexibility index (Phi) is 4.90. The first kappa shape index (κ1) is 17.9. The van der Waals surface area contributed by atoms with Crippen LogP contribution in [-0.2, 0) is 6.54 Å². The van der Waals surface area contributed by atoms with Gasteiger partial charge in [0.2, 0.25) is 0 Å². The van der Waals surface area contributed by atoms with Crippen molar-refractivity contribution in [2.75, 3.05) is 5.32 Å². The van der Waals surface area contributed by atoms with Gasteiger partial charge in [0.1, 0.15) is 5.82 Å². The van der Waals surface area contributed by atoms with Gasteiger partial charge in [0.05, 0.1) is 18.4 Å². The molecule has 2 aromatic carbocycles. The summed E-state index contributed by atoms with van der Waals surface area (Å²) in [5.74, 6) is -0.405. The molecule has 0 bridgehead atoms. The van der Waals surface area contributed by atoms with Gasteiger partial charge in [0, 0.05) is 22.8 Å². The average Bonchev–Trinajstić information content (AvgIpc) is 3.32. The highest BCUT2D eigenvalue weighted by atomic mass is 35.5. The molecule has 140 valence electrons. The van der Waals surface area contributed by atoms with Crippen molar-refractivity contribution in [2.24, 2.45) is 0 Å². The maximum atomic E-state index is 13.0. The lowest BCUT2D eigenvalue weighted by molar-refractivity contribution is 0.101. The molecule has 0 atom stereocenters. The minimum Gasteiger partial charge on any atom is -0.355 e. The summed E-state index contributed by atoms with van der Waals surface area (Å²) in [5.41, 5.74) is 2.26. The number of benzene rings is 2. The van der Waals surface area contributed by atoms with Gasteiger partial charge in [-0.3, -0.25) is 9.48 Å². The Morgan fingerprint density at radius 1 is 1.18 bits per heavy atom. The van der Waals surface area contributed by atoms with E-state index in [1.165, 1.54) is 18.2 Å². The Bertz CT molecular complexity index is 1120. The molecule has 0 radical (unpaired) electrons. The molecule has 4 rings (SSSR count). The first-order chi connectivity index (χ1) is 13.6. The predicted molar refractivity (Wildman–Crippen MR) is 103 cm³/mol. The number of halogens is 2. The molecule has 0 aliphatic heterocycles. The second-order valence-electron chi connectivity index (χ2n) is 6.09. The zero-order valence-electron chi connectivity index (χ0n) is 14.5. The fourth-order valence-corrected chi connectivity index (χ4v) is 2.88. The van der Waals surface area contributed by atoms with Gasteiger partial charge in [0.15, 0.2) is 11.5 Å². The summed E-state index contributed by atoms with van der Waals surface area (Å²) in [6.45, 7) is 0.523. The zero-order chi connectivity index (χ0) is 19.5. The number of carbonyl (C=O) groups excluding carboxylic acids is 1. The topological polar surface area (TPSA) is 73.0 Å². The average molecular weight is 397 g/mol. The molecular weight excluding hydrogens is 383 g/mol. The van der Waals surface area contributed by atoms with Crippen LogP contribution in [0.3, 0.4) is 0 Å².